The number of piperidine rings is 1. The Bertz CT molecular complexity index is 1650. The number of phenolic OH excluding ortho intramolecular Hbond substituents is 1. The number of hydrogen-bond donors (Lipinski definition) is 3. The Morgan fingerprint density at radius 1 is 0.953 bits per heavy atom. The second-order valence-corrected chi connectivity index (χ2v) is 14.5. The highest BCUT2D eigenvalue weighted by Gasteiger charge is 2.71. The maximum atomic E-state index is 13.2. The van der Waals surface area contributed by atoms with Crippen LogP contribution in [0, 0.1) is 11.3 Å². The Hall–Kier alpha value is -2.71. The number of nitrogens with one attached hydrogen (secondary N) is 1. The molecule has 6 aliphatic rings. The number of H-pyrrole nitrogens is 1. The molecule has 7 nitrogen and oxygen atoms in total. The summed E-state index contributed by atoms with van der Waals surface area (Å²) in [5.41, 5.74) is 2.81. The van der Waals surface area contributed by atoms with Crippen LogP contribution in [0.3, 0.4) is 0 Å². The number of benzene rings is 1. The molecule has 0 saturated carbocycles. The fraction of sp³-hybridized carbons (Fsp3) is 0.583. The molecule has 5 aliphatic heterocycles. The summed E-state index contributed by atoms with van der Waals surface area (Å²) < 4.78 is 7.07. The Morgan fingerprint density at radius 3 is 2.84 bits per heavy atom. The fourth-order valence-electron chi connectivity index (χ4n) is 10.6. The van der Waals surface area contributed by atoms with E-state index in [0.717, 1.165) is 105 Å². The lowest BCUT2D eigenvalue weighted by molar-refractivity contribution is -0.145. The second-order valence-electron chi connectivity index (χ2n) is 14.5. The van der Waals surface area contributed by atoms with Crippen molar-refractivity contribution in [2.45, 2.75) is 94.1 Å². The number of rotatable bonds is 1. The van der Waals surface area contributed by atoms with Crippen LogP contribution in [0.25, 0.3) is 27.4 Å². The largest absolute Gasteiger partial charge is 0.508 e. The summed E-state index contributed by atoms with van der Waals surface area (Å²) in [5, 5.41) is 25.6. The van der Waals surface area contributed by atoms with Crippen LogP contribution in [0.1, 0.15) is 76.3 Å². The molecule has 7 heterocycles. The molecule has 7 unspecified atom stereocenters. The molecule has 43 heavy (non-hydrogen) atoms. The number of pyridine rings is 1. The number of aromatic nitrogens is 2. The molecule has 5 bridgehead atoms. The van der Waals surface area contributed by atoms with Crippen LogP contribution in [-0.2, 0) is 4.74 Å². The first kappa shape index (κ1) is 26.7. The van der Waals surface area contributed by atoms with Crippen molar-refractivity contribution in [3.05, 3.63) is 54.4 Å². The summed E-state index contributed by atoms with van der Waals surface area (Å²) in [4.78, 5) is 14.2. The Labute approximate surface area is 253 Å². The standard InChI is InChI=1S/C36H44N4O3/c41-24-9-10-30-27(20-24)26-12-16-37-31(32(26)38-30)28-21-35(42)14-5-3-1-2-4-6-17-39-19-13-29(28)34(23-39)22-36-15-11-25(43-36)8-7-18-40(36)33(34)35/h1,3,9-10,12,16,20-21,25,29,33,38,41-42H,2,4-8,11,13-15,17-19,22-23H2. The van der Waals surface area contributed by atoms with Gasteiger partial charge in [-0.1, -0.05) is 12.2 Å². The summed E-state index contributed by atoms with van der Waals surface area (Å²) in [5.74, 6) is 0.557. The topological polar surface area (TPSA) is 84.9 Å². The van der Waals surface area contributed by atoms with Crippen molar-refractivity contribution in [2.75, 3.05) is 26.2 Å². The average molecular weight is 581 g/mol. The minimum atomic E-state index is -0.989. The Morgan fingerprint density at radius 2 is 1.88 bits per heavy atom. The van der Waals surface area contributed by atoms with Crippen LogP contribution in [-0.4, -0.2) is 79.6 Å². The van der Waals surface area contributed by atoms with Crippen LogP contribution < -0.4 is 0 Å². The van der Waals surface area contributed by atoms with Crippen molar-refractivity contribution >= 4 is 27.4 Å². The Balaban J connectivity index is 1.27. The van der Waals surface area contributed by atoms with Gasteiger partial charge in [0.25, 0.3) is 0 Å². The number of nitrogens with zero attached hydrogens (tertiary/aromatic N) is 3. The van der Waals surface area contributed by atoms with Crippen molar-refractivity contribution in [3.63, 3.8) is 0 Å². The second kappa shape index (κ2) is 9.64. The van der Waals surface area contributed by atoms with E-state index in [-0.39, 0.29) is 28.8 Å². The highest BCUT2D eigenvalue weighted by atomic mass is 16.5. The Kier molecular flexibility index (Phi) is 5.98. The number of aromatic hydroxyl groups is 1. The smallest absolute Gasteiger partial charge is 0.123 e. The summed E-state index contributed by atoms with van der Waals surface area (Å²) in [6.07, 6.45) is 20.9. The monoisotopic (exact) mass is 580 g/mol. The molecule has 7 heteroatoms. The fourth-order valence-corrected chi connectivity index (χ4v) is 10.6. The minimum absolute atomic E-state index is 0.0291. The number of ether oxygens (including phenoxy) is 1. The van der Waals surface area contributed by atoms with Gasteiger partial charge in [-0.25, -0.2) is 0 Å². The van der Waals surface area contributed by atoms with Crippen LogP contribution in [0.5, 0.6) is 5.75 Å². The van der Waals surface area contributed by atoms with Crippen LogP contribution in [0.4, 0.5) is 0 Å². The van der Waals surface area contributed by atoms with E-state index in [4.69, 9.17) is 9.72 Å². The molecule has 3 N–H and O–H groups in total. The first-order valence-electron chi connectivity index (χ1n) is 16.8. The maximum Gasteiger partial charge on any atom is 0.123 e. The van der Waals surface area contributed by atoms with Gasteiger partial charge in [0.2, 0.25) is 0 Å². The SMILES string of the molecule is Oc1ccc2[nH]c3c(C4=CC5(O)CCC=CCCCCN6CCC4C4(C6)CC67CCC(CCCN6C54)O7)nccc3c2c1. The van der Waals surface area contributed by atoms with E-state index in [2.05, 4.69) is 39.1 Å². The van der Waals surface area contributed by atoms with E-state index in [1.807, 2.05) is 18.3 Å². The number of aliphatic hydroxyl groups is 1. The van der Waals surface area contributed by atoms with E-state index in [1.54, 1.807) is 6.07 Å². The van der Waals surface area contributed by atoms with Crippen molar-refractivity contribution in [1.29, 1.82) is 0 Å². The summed E-state index contributed by atoms with van der Waals surface area (Å²) in [7, 11) is 0. The van der Waals surface area contributed by atoms with Gasteiger partial charge in [-0.15, -0.1) is 0 Å². The molecule has 2 spiro atoms. The molecule has 7 atom stereocenters. The molecule has 9 rings (SSSR count). The number of phenols is 1. The zero-order valence-electron chi connectivity index (χ0n) is 25.1. The van der Waals surface area contributed by atoms with Gasteiger partial charge < -0.3 is 24.8 Å². The molecule has 4 saturated heterocycles. The molecule has 226 valence electrons. The zero-order chi connectivity index (χ0) is 28.8. The molecule has 4 fully saturated rings. The molecule has 1 aliphatic carbocycles. The zero-order valence-corrected chi connectivity index (χ0v) is 25.1. The van der Waals surface area contributed by atoms with Gasteiger partial charge in [-0.05, 0) is 126 Å². The molecule has 2 aromatic heterocycles. The molecule has 0 amide bonds. The van der Waals surface area contributed by atoms with Crippen molar-refractivity contribution < 1.29 is 14.9 Å². The average Bonchev–Trinajstić information content (AvgIpc) is 3.61. The van der Waals surface area contributed by atoms with Crippen molar-refractivity contribution in [3.8, 4) is 5.75 Å². The van der Waals surface area contributed by atoms with Gasteiger partial charge in [-0.2, -0.15) is 0 Å². The third-order valence-electron chi connectivity index (χ3n) is 12.1. The molecule has 1 aromatic carbocycles. The molecule has 3 aromatic rings. The quantitative estimate of drug-likeness (QED) is 0.301. The van der Waals surface area contributed by atoms with Crippen LogP contribution >= 0.6 is 0 Å². The molecular weight excluding hydrogens is 536 g/mol. The molecular formula is C36H44N4O3. The predicted octanol–water partition coefficient (Wildman–Crippen LogP) is 6.12. The van der Waals surface area contributed by atoms with E-state index in [1.165, 1.54) is 18.4 Å². The predicted molar refractivity (Wildman–Crippen MR) is 169 cm³/mol. The van der Waals surface area contributed by atoms with Gasteiger partial charge in [0.15, 0.2) is 0 Å². The minimum Gasteiger partial charge on any atom is -0.508 e. The van der Waals surface area contributed by atoms with Gasteiger partial charge in [0.05, 0.1) is 29.0 Å². The van der Waals surface area contributed by atoms with E-state index < -0.39 is 5.60 Å². The summed E-state index contributed by atoms with van der Waals surface area (Å²) in [6, 6.07) is 7.62. The number of fused-ring (bicyclic) bond motifs is 5. The summed E-state index contributed by atoms with van der Waals surface area (Å²) >= 11 is 0. The van der Waals surface area contributed by atoms with E-state index >= 15 is 0 Å². The number of allylic oxidation sites excluding steroid dienone is 3. The highest BCUT2D eigenvalue weighted by Crippen LogP contribution is 2.66. The third-order valence-corrected chi connectivity index (χ3v) is 12.1. The highest BCUT2D eigenvalue weighted by molar-refractivity contribution is 6.10. The summed E-state index contributed by atoms with van der Waals surface area (Å²) in [6.45, 7) is 4.23. The van der Waals surface area contributed by atoms with E-state index in [0.29, 0.717) is 12.5 Å². The maximum absolute atomic E-state index is 13.2. The lowest BCUT2D eigenvalue weighted by Gasteiger charge is -2.58. The first-order chi connectivity index (χ1) is 21.0. The number of aromatic amines is 1. The van der Waals surface area contributed by atoms with Gasteiger partial charge in [0, 0.05) is 41.0 Å². The lowest BCUT2D eigenvalue weighted by atomic mass is 9.54. The number of hydrogen-bond acceptors (Lipinski definition) is 6. The lowest BCUT2D eigenvalue weighted by Crippen LogP contribution is -2.66. The van der Waals surface area contributed by atoms with Crippen molar-refractivity contribution in [2.24, 2.45) is 11.3 Å². The molecule has 0 radical (unpaired) electrons. The van der Waals surface area contributed by atoms with Crippen LogP contribution in [0.15, 0.2) is 48.7 Å². The van der Waals surface area contributed by atoms with Gasteiger partial charge >= 0.3 is 0 Å². The van der Waals surface area contributed by atoms with Gasteiger partial charge in [0.1, 0.15) is 11.5 Å². The van der Waals surface area contributed by atoms with Gasteiger partial charge in [-0.3, -0.25) is 9.88 Å². The third kappa shape index (κ3) is 3.90. The van der Waals surface area contributed by atoms with E-state index in [9.17, 15) is 10.2 Å². The van der Waals surface area contributed by atoms with Crippen LogP contribution in [0.2, 0.25) is 0 Å². The normalized spacial score (nSPS) is 39.5. The first-order valence-corrected chi connectivity index (χ1v) is 16.8. The van der Waals surface area contributed by atoms with Crippen molar-refractivity contribution in [1.82, 2.24) is 19.8 Å².